The van der Waals surface area contributed by atoms with Crippen molar-refractivity contribution in [2.75, 3.05) is 4.90 Å². The van der Waals surface area contributed by atoms with Gasteiger partial charge in [0.15, 0.2) is 5.78 Å². The van der Waals surface area contributed by atoms with Crippen molar-refractivity contribution in [1.29, 1.82) is 0 Å². The lowest BCUT2D eigenvalue weighted by Gasteiger charge is -2.38. The molecule has 148 valence electrons. The molecule has 1 unspecified atom stereocenters. The van der Waals surface area contributed by atoms with E-state index < -0.39 is 4.92 Å². The molecule has 0 bridgehead atoms. The average molecular weight is 431 g/mol. The van der Waals surface area contributed by atoms with Crippen LogP contribution in [-0.2, 0) is 9.59 Å². The number of amides is 1. The Balaban J connectivity index is 1.87. The van der Waals surface area contributed by atoms with Crippen LogP contribution in [-0.4, -0.2) is 16.6 Å². The van der Waals surface area contributed by atoms with Crippen molar-refractivity contribution in [3.63, 3.8) is 0 Å². The molecule has 0 aromatic heterocycles. The van der Waals surface area contributed by atoms with Crippen LogP contribution in [0.15, 0.2) is 53.7 Å². The number of nitro groups is 1. The second kappa shape index (κ2) is 7.61. The van der Waals surface area contributed by atoms with Crippen LogP contribution >= 0.6 is 23.2 Å². The summed E-state index contributed by atoms with van der Waals surface area (Å²) in [4.78, 5) is 38.1. The molecule has 1 aliphatic carbocycles. The molecule has 0 saturated heterocycles. The van der Waals surface area contributed by atoms with Crippen molar-refractivity contribution in [3.05, 3.63) is 79.5 Å². The molecule has 2 aliphatic rings. The van der Waals surface area contributed by atoms with Crippen LogP contribution in [0.1, 0.15) is 37.2 Å². The number of benzene rings is 2. The van der Waals surface area contributed by atoms with E-state index in [0.29, 0.717) is 41.2 Å². The summed E-state index contributed by atoms with van der Waals surface area (Å²) in [5.41, 5.74) is 2.08. The fourth-order valence-corrected chi connectivity index (χ4v) is 4.47. The highest BCUT2D eigenvalue weighted by molar-refractivity contribution is 6.32. The molecule has 0 saturated carbocycles. The summed E-state index contributed by atoms with van der Waals surface area (Å²) in [5, 5.41) is 11.8. The van der Waals surface area contributed by atoms with Crippen molar-refractivity contribution in [3.8, 4) is 0 Å². The number of nitro benzene ring substituents is 1. The quantitative estimate of drug-likeness (QED) is 0.480. The summed E-state index contributed by atoms with van der Waals surface area (Å²) < 4.78 is 0. The molecule has 6 nitrogen and oxygen atoms in total. The SMILES string of the molecule is O=C1CCCC2=C1C(c1cccc(Cl)c1)CC(=O)N2c1ccc(Cl)c([N+](=O)[O-])c1. The Hall–Kier alpha value is -2.70. The maximum absolute atomic E-state index is 13.1. The van der Waals surface area contributed by atoms with Crippen LogP contribution in [0.25, 0.3) is 0 Å². The van der Waals surface area contributed by atoms with Crippen LogP contribution in [0.3, 0.4) is 0 Å². The minimum absolute atomic E-state index is 0.00260. The molecule has 2 aromatic rings. The minimum atomic E-state index is -0.587. The van der Waals surface area contributed by atoms with E-state index in [4.69, 9.17) is 23.2 Å². The topological polar surface area (TPSA) is 80.5 Å². The smallest absolute Gasteiger partial charge is 0.289 e. The Bertz CT molecular complexity index is 1080. The molecule has 0 fully saturated rings. The first-order chi connectivity index (χ1) is 13.9. The lowest BCUT2D eigenvalue weighted by atomic mass is 9.77. The first-order valence-corrected chi connectivity index (χ1v) is 9.91. The number of allylic oxidation sites excluding steroid dienone is 2. The Morgan fingerprint density at radius 1 is 1.07 bits per heavy atom. The predicted octanol–water partition coefficient (Wildman–Crippen LogP) is 5.43. The average Bonchev–Trinajstić information content (AvgIpc) is 2.68. The number of carbonyl (C=O) groups is 2. The van der Waals surface area contributed by atoms with Gasteiger partial charge in [-0.2, -0.15) is 0 Å². The Labute approximate surface area is 176 Å². The van der Waals surface area contributed by atoms with Crippen molar-refractivity contribution in [2.24, 2.45) is 0 Å². The van der Waals surface area contributed by atoms with Gasteiger partial charge in [-0.1, -0.05) is 35.3 Å². The molecule has 2 aromatic carbocycles. The van der Waals surface area contributed by atoms with Gasteiger partial charge in [-0.15, -0.1) is 0 Å². The van der Waals surface area contributed by atoms with E-state index in [2.05, 4.69) is 0 Å². The Morgan fingerprint density at radius 2 is 1.86 bits per heavy atom. The molecule has 8 heteroatoms. The molecular weight excluding hydrogens is 415 g/mol. The number of ketones is 1. The number of Topliss-reactive ketones (excluding diaryl/α,β-unsaturated/α-hetero) is 1. The maximum Gasteiger partial charge on any atom is 0.289 e. The Morgan fingerprint density at radius 3 is 2.59 bits per heavy atom. The number of anilines is 1. The summed E-state index contributed by atoms with van der Waals surface area (Å²) in [5.74, 6) is -0.597. The highest BCUT2D eigenvalue weighted by Crippen LogP contribution is 2.44. The van der Waals surface area contributed by atoms with Crippen molar-refractivity contribution < 1.29 is 14.5 Å². The van der Waals surface area contributed by atoms with Gasteiger partial charge < -0.3 is 0 Å². The zero-order valence-corrected chi connectivity index (χ0v) is 16.7. The van der Waals surface area contributed by atoms with Gasteiger partial charge in [0, 0.05) is 41.1 Å². The summed E-state index contributed by atoms with van der Waals surface area (Å²) in [6, 6.07) is 11.4. The van der Waals surface area contributed by atoms with Crippen LogP contribution in [0, 0.1) is 10.1 Å². The number of carbonyl (C=O) groups excluding carboxylic acids is 2. The third-order valence-corrected chi connectivity index (χ3v) is 5.87. The molecule has 0 spiro atoms. The van der Waals surface area contributed by atoms with E-state index in [9.17, 15) is 19.7 Å². The monoisotopic (exact) mass is 430 g/mol. The number of hydrogen-bond acceptors (Lipinski definition) is 4. The van der Waals surface area contributed by atoms with E-state index >= 15 is 0 Å². The van der Waals surface area contributed by atoms with Gasteiger partial charge in [0.05, 0.1) is 10.6 Å². The highest BCUT2D eigenvalue weighted by atomic mass is 35.5. The minimum Gasteiger partial charge on any atom is -0.294 e. The fourth-order valence-electron chi connectivity index (χ4n) is 4.08. The van der Waals surface area contributed by atoms with Crippen LogP contribution < -0.4 is 4.90 Å². The largest absolute Gasteiger partial charge is 0.294 e. The molecule has 1 atom stereocenters. The fraction of sp³-hybridized carbons (Fsp3) is 0.238. The normalized spacial score (nSPS) is 19.4. The highest BCUT2D eigenvalue weighted by Gasteiger charge is 2.40. The van der Waals surface area contributed by atoms with Crippen molar-refractivity contribution in [2.45, 2.75) is 31.6 Å². The van der Waals surface area contributed by atoms with Crippen LogP contribution in [0.5, 0.6) is 0 Å². The molecule has 1 amide bonds. The zero-order chi connectivity index (χ0) is 20.7. The summed E-state index contributed by atoms with van der Waals surface area (Å²) in [6.07, 6.45) is 1.67. The van der Waals surface area contributed by atoms with Gasteiger partial charge in [0.1, 0.15) is 5.02 Å². The molecule has 29 heavy (non-hydrogen) atoms. The van der Waals surface area contributed by atoms with E-state index in [0.717, 1.165) is 5.56 Å². The van der Waals surface area contributed by atoms with Gasteiger partial charge in [-0.25, -0.2) is 0 Å². The van der Waals surface area contributed by atoms with Gasteiger partial charge in [0.25, 0.3) is 5.69 Å². The standard InChI is InChI=1S/C21H16Cl2N2O4/c22-13-4-1-3-12(9-13)15-11-20(27)24(17-5-2-6-19(26)21(15)17)14-7-8-16(23)18(10-14)25(28)29/h1,3-4,7-10,15H,2,5-6,11H2. The van der Waals surface area contributed by atoms with Gasteiger partial charge in [0.2, 0.25) is 5.91 Å². The van der Waals surface area contributed by atoms with E-state index in [-0.39, 0.29) is 34.7 Å². The summed E-state index contributed by atoms with van der Waals surface area (Å²) in [7, 11) is 0. The summed E-state index contributed by atoms with van der Waals surface area (Å²) in [6.45, 7) is 0. The van der Waals surface area contributed by atoms with Crippen LogP contribution in [0.4, 0.5) is 11.4 Å². The van der Waals surface area contributed by atoms with Gasteiger partial charge in [-0.05, 0) is 42.7 Å². The first-order valence-electron chi connectivity index (χ1n) is 9.15. The second-order valence-corrected chi connectivity index (χ2v) is 7.91. The zero-order valence-electron chi connectivity index (χ0n) is 15.2. The molecule has 1 heterocycles. The van der Waals surface area contributed by atoms with E-state index in [1.165, 1.54) is 17.0 Å². The number of hydrogen-bond donors (Lipinski definition) is 0. The van der Waals surface area contributed by atoms with Crippen molar-refractivity contribution >= 4 is 46.3 Å². The summed E-state index contributed by atoms with van der Waals surface area (Å²) >= 11 is 12.0. The van der Waals surface area contributed by atoms with Crippen LogP contribution in [0.2, 0.25) is 10.0 Å². The van der Waals surface area contributed by atoms with E-state index in [1.54, 1.807) is 24.3 Å². The maximum atomic E-state index is 13.1. The molecule has 0 radical (unpaired) electrons. The molecule has 4 rings (SSSR count). The molecule has 0 N–H and O–H groups in total. The molecule has 1 aliphatic heterocycles. The third kappa shape index (κ3) is 3.54. The van der Waals surface area contributed by atoms with E-state index in [1.807, 2.05) is 6.07 Å². The number of nitrogens with zero attached hydrogens (tertiary/aromatic N) is 2. The number of rotatable bonds is 3. The first kappa shape index (κ1) is 19.6. The molecular formula is C21H16Cl2N2O4. The third-order valence-electron chi connectivity index (χ3n) is 5.31. The predicted molar refractivity (Wildman–Crippen MR) is 110 cm³/mol. The second-order valence-electron chi connectivity index (χ2n) is 7.07. The number of halogens is 2. The van der Waals surface area contributed by atoms with Crippen molar-refractivity contribution in [1.82, 2.24) is 0 Å². The van der Waals surface area contributed by atoms with Gasteiger partial charge in [-0.3, -0.25) is 24.6 Å². The lowest BCUT2D eigenvalue weighted by Crippen LogP contribution is -2.40. The Kier molecular flexibility index (Phi) is 5.15. The van der Waals surface area contributed by atoms with Gasteiger partial charge >= 0.3 is 0 Å². The lowest BCUT2D eigenvalue weighted by molar-refractivity contribution is -0.384.